The van der Waals surface area contributed by atoms with E-state index in [2.05, 4.69) is 16.0 Å². The summed E-state index contributed by atoms with van der Waals surface area (Å²) in [6.45, 7) is 3.96. The number of hydrogen-bond donors (Lipinski definition) is 4. The Labute approximate surface area is 215 Å². The predicted octanol–water partition coefficient (Wildman–Crippen LogP) is 0.916. The Hall–Kier alpha value is -2.77. The second kappa shape index (κ2) is 11.7. The molecule has 1 saturated heterocycles. The summed E-state index contributed by atoms with van der Waals surface area (Å²) in [5, 5.41) is 17.5. The molecule has 2 fully saturated rings. The summed E-state index contributed by atoms with van der Waals surface area (Å²) >= 11 is 0. The number of halogens is 1. The predicted molar refractivity (Wildman–Crippen MR) is 128 cm³/mol. The summed E-state index contributed by atoms with van der Waals surface area (Å²) in [6, 6.07) is 3.23. The van der Waals surface area contributed by atoms with E-state index in [4.69, 9.17) is 4.74 Å². The molecule has 11 nitrogen and oxygen atoms in total. The molecule has 3 amide bonds. The van der Waals surface area contributed by atoms with E-state index in [1.807, 2.05) is 0 Å². The Morgan fingerprint density at radius 3 is 2.54 bits per heavy atom. The lowest BCUT2D eigenvalue weighted by Crippen LogP contribution is -2.55. The topological polar surface area (TPSA) is 174 Å². The number of aliphatic hydroxyl groups is 1. The maximum atomic E-state index is 13.5. The number of benzene rings is 1. The zero-order valence-electron chi connectivity index (χ0n) is 20.7. The van der Waals surface area contributed by atoms with E-state index in [0.29, 0.717) is 37.8 Å². The first-order valence-electron chi connectivity index (χ1n) is 12.2. The number of amides is 3. The second-order valence-corrected chi connectivity index (χ2v) is 11.7. The van der Waals surface area contributed by atoms with Gasteiger partial charge in [0.2, 0.25) is 11.8 Å². The lowest BCUT2D eigenvalue weighted by Gasteiger charge is -2.30. The van der Waals surface area contributed by atoms with Crippen LogP contribution in [-0.4, -0.2) is 65.7 Å². The van der Waals surface area contributed by atoms with Crippen LogP contribution in [0.5, 0.6) is 0 Å². The van der Waals surface area contributed by atoms with Gasteiger partial charge in [0.05, 0.1) is 6.04 Å². The highest BCUT2D eigenvalue weighted by molar-refractivity contribution is 7.86. The third-order valence-corrected chi connectivity index (χ3v) is 7.44. The zero-order chi connectivity index (χ0) is 27.4. The van der Waals surface area contributed by atoms with Gasteiger partial charge in [-0.25, -0.2) is 17.6 Å². The summed E-state index contributed by atoms with van der Waals surface area (Å²) in [5.74, 6) is -2.38. The number of ether oxygens (including phenoxy) is 1. The van der Waals surface area contributed by atoms with E-state index in [1.54, 1.807) is 26.0 Å². The highest BCUT2D eigenvalue weighted by Crippen LogP contribution is 2.42. The van der Waals surface area contributed by atoms with Crippen molar-refractivity contribution in [3.63, 3.8) is 0 Å². The van der Waals surface area contributed by atoms with Crippen LogP contribution in [0.3, 0.4) is 0 Å². The van der Waals surface area contributed by atoms with Crippen molar-refractivity contribution in [3.05, 3.63) is 35.6 Å². The number of carbonyl (C=O) groups is 3. The Kier molecular flexibility index (Phi) is 9.13. The van der Waals surface area contributed by atoms with Gasteiger partial charge >= 0.3 is 6.09 Å². The molecule has 1 aromatic rings. The summed E-state index contributed by atoms with van der Waals surface area (Å²) in [6.07, 6.45) is 0.791. The number of rotatable bonds is 12. The van der Waals surface area contributed by atoms with Gasteiger partial charge in [-0.2, -0.15) is 0 Å². The molecule has 0 spiro atoms. The lowest BCUT2D eigenvalue weighted by atomic mass is 9.97. The molecule has 13 heteroatoms. The van der Waals surface area contributed by atoms with E-state index in [1.165, 1.54) is 12.1 Å². The van der Waals surface area contributed by atoms with Crippen molar-refractivity contribution in [1.29, 1.82) is 0 Å². The number of carbonyl (C=O) groups excluding carboxylic acids is 3. The Balaban J connectivity index is 1.68. The average molecular weight is 543 g/mol. The molecule has 0 aromatic heterocycles. The fourth-order valence-corrected chi connectivity index (χ4v) is 5.03. The number of nitrogens with one attached hydrogen (secondary N) is 3. The molecule has 2 aliphatic rings. The molecule has 206 valence electrons. The monoisotopic (exact) mass is 542 g/mol. The zero-order valence-corrected chi connectivity index (χ0v) is 21.6. The Bertz CT molecular complexity index is 1110. The maximum absolute atomic E-state index is 13.5. The van der Waals surface area contributed by atoms with Crippen LogP contribution in [0.1, 0.15) is 51.5 Å². The average Bonchev–Trinajstić information content (AvgIpc) is 3.41. The molecule has 37 heavy (non-hydrogen) atoms. The summed E-state index contributed by atoms with van der Waals surface area (Å²) < 4.78 is 53.6. The molecule has 1 aliphatic carbocycles. The van der Waals surface area contributed by atoms with Crippen molar-refractivity contribution in [3.8, 4) is 0 Å². The van der Waals surface area contributed by atoms with Gasteiger partial charge in [-0.1, -0.05) is 26.0 Å². The minimum absolute atomic E-state index is 0.0783. The van der Waals surface area contributed by atoms with E-state index in [9.17, 15) is 36.9 Å². The first-order valence-corrected chi connectivity index (χ1v) is 13.7. The van der Waals surface area contributed by atoms with Crippen molar-refractivity contribution >= 4 is 28.0 Å². The normalized spacial score (nSPS) is 21.0. The van der Waals surface area contributed by atoms with Crippen LogP contribution in [0.4, 0.5) is 9.18 Å². The fraction of sp³-hybridized carbons (Fsp3) is 0.625. The van der Waals surface area contributed by atoms with Gasteiger partial charge < -0.3 is 30.3 Å². The van der Waals surface area contributed by atoms with Gasteiger partial charge in [0, 0.05) is 18.9 Å². The molecular formula is C24H33FN3O8S-. The van der Waals surface area contributed by atoms with Crippen LogP contribution >= 0.6 is 0 Å². The van der Waals surface area contributed by atoms with E-state index in [-0.39, 0.29) is 24.7 Å². The largest absolute Gasteiger partial charge is 0.746 e. The molecule has 1 saturated carbocycles. The first-order chi connectivity index (χ1) is 17.3. The number of hydrogen-bond acceptors (Lipinski definition) is 8. The van der Waals surface area contributed by atoms with Crippen LogP contribution in [0.2, 0.25) is 0 Å². The molecule has 1 aromatic carbocycles. The molecule has 4 atom stereocenters. The first kappa shape index (κ1) is 28.8. The molecule has 1 heterocycles. The van der Waals surface area contributed by atoms with Gasteiger partial charge in [0.1, 0.15) is 27.6 Å². The van der Waals surface area contributed by atoms with Crippen molar-refractivity contribution in [1.82, 2.24) is 16.0 Å². The molecule has 4 N–H and O–H groups in total. The van der Waals surface area contributed by atoms with Gasteiger partial charge in [-0.15, -0.1) is 0 Å². The van der Waals surface area contributed by atoms with Crippen LogP contribution in [0.15, 0.2) is 24.3 Å². The van der Waals surface area contributed by atoms with Gasteiger partial charge in [-0.3, -0.25) is 9.59 Å². The van der Waals surface area contributed by atoms with Crippen molar-refractivity contribution in [2.45, 2.75) is 75.5 Å². The maximum Gasteiger partial charge on any atom is 0.408 e. The standard InChI is InChI=1S/C24H34FN3O8S/c1-14(2)10-18(28-23(32)36-24(7-8-24)13-15-4-3-5-17(25)11-15)21(30)27-19(22(31)37(33,34)35)12-16-6-9-26-20(16)29/h3-5,11,14,16,18-19,22,31H,6-10,12-13H2,1-2H3,(H,26,29)(H,27,30)(H,28,32)(H,33,34,35)/p-1/t16-,18-,19-,22?/m0/s1. The molecule has 0 radical (unpaired) electrons. The molecule has 3 rings (SSSR count). The van der Waals surface area contributed by atoms with Gasteiger partial charge in [0.25, 0.3) is 0 Å². The third kappa shape index (κ3) is 8.37. The van der Waals surface area contributed by atoms with E-state index < -0.39 is 57.0 Å². The van der Waals surface area contributed by atoms with E-state index >= 15 is 0 Å². The molecule has 1 aliphatic heterocycles. The quantitative estimate of drug-likeness (QED) is 0.282. The fourth-order valence-electron chi connectivity index (χ4n) is 4.45. The minimum atomic E-state index is -5.21. The smallest absolute Gasteiger partial charge is 0.408 e. The Morgan fingerprint density at radius 2 is 2.00 bits per heavy atom. The van der Waals surface area contributed by atoms with Crippen molar-refractivity contribution in [2.24, 2.45) is 11.8 Å². The second-order valence-electron chi connectivity index (χ2n) is 10.2. The molecule has 1 unspecified atom stereocenters. The van der Waals surface area contributed by atoms with E-state index in [0.717, 1.165) is 0 Å². The van der Waals surface area contributed by atoms with Crippen LogP contribution < -0.4 is 16.0 Å². The number of alkyl carbamates (subject to hydrolysis) is 1. The molecular weight excluding hydrogens is 509 g/mol. The minimum Gasteiger partial charge on any atom is -0.746 e. The van der Waals surface area contributed by atoms with Crippen LogP contribution in [0.25, 0.3) is 0 Å². The van der Waals surface area contributed by atoms with Crippen molar-refractivity contribution < 1.29 is 41.6 Å². The van der Waals surface area contributed by atoms with Gasteiger partial charge in [0.15, 0.2) is 5.44 Å². The third-order valence-electron chi connectivity index (χ3n) is 6.52. The highest BCUT2D eigenvalue weighted by Gasteiger charge is 2.47. The molecule has 0 bridgehead atoms. The summed E-state index contributed by atoms with van der Waals surface area (Å²) in [4.78, 5) is 37.8. The van der Waals surface area contributed by atoms with Gasteiger partial charge in [-0.05, 0) is 55.7 Å². The summed E-state index contributed by atoms with van der Waals surface area (Å²) in [7, 11) is -5.21. The Morgan fingerprint density at radius 1 is 1.30 bits per heavy atom. The number of aliphatic hydroxyl groups excluding tert-OH is 1. The summed E-state index contributed by atoms with van der Waals surface area (Å²) in [5.41, 5.74) is -2.63. The highest BCUT2D eigenvalue weighted by atomic mass is 32.2. The van der Waals surface area contributed by atoms with Crippen LogP contribution in [-0.2, 0) is 30.9 Å². The lowest BCUT2D eigenvalue weighted by molar-refractivity contribution is -0.126. The SMILES string of the molecule is CC(C)C[C@H](NC(=O)OC1(Cc2cccc(F)c2)CC1)C(=O)N[C@@H](C[C@@H]1CCNC1=O)C(O)S(=O)(=O)[O-]. The van der Waals surface area contributed by atoms with Crippen molar-refractivity contribution in [2.75, 3.05) is 6.54 Å². The van der Waals surface area contributed by atoms with Crippen LogP contribution in [0, 0.1) is 17.7 Å².